The van der Waals surface area contributed by atoms with Gasteiger partial charge >= 0.3 is 0 Å². The fourth-order valence-electron chi connectivity index (χ4n) is 1.37. The zero-order valence-electron chi connectivity index (χ0n) is 9.35. The van der Waals surface area contributed by atoms with Gasteiger partial charge in [0.15, 0.2) is 5.82 Å². The van der Waals surface area contributed by atoms with Crippen molar-refractivity contribution in [3.63, 3.8) is 0 Å². The van der Waals surface area contributed by atoms with Crippen LogP contribution in [-0.2, 0) is 13.1 Å². The Balaban J connectivity index is 1.94. The highest BCUT2D eigenvalue weighted by Gasteiger charge is 2.21. The molecular weight excluding hydrogens is 206 g/mol. The van der Waals surface area contributed by atoms with Gasteiger partial charge in [-0.3, -0.25) is 5.43 Å². The Kier molecular flexibility index (Phi) is 3.35. The number of aromatic nitrogens is 3. The lowest BCUT2D eigenvalue weighted by Gasteiger charge is -2.07. The van der Waals surface area contributed by atoms with Crippen LogP contribution in [0.4, 0.5) is 0 Å². The number of rotatable bonds is 4. The number of nitrogens with one attached hydrogen (secondary N) is 2. The molecule has 0 aliphatic heterocycles. The van der Waals surface area contributed by atoms with Crippen LogP contribution in [0.25, 0.3) is 0 Å². The lowest BCUT2D eigenvalue weighted by atomic mass is 10.5. The van der Waals surface area contributed by atoms with E-state index in [2.05, 4.69) is 25.9 Å². The molecule has 0 bridgehead atoms. The van der Waals surface area contributed by atoms with E-state index in [0.29, 0.717) is 18.5 Å². The second-order valence-electron chi connectivity index (χ2n) is 3.76. The van der Waals surface area contributed by atoms with Crippen molar-refractivity contribution in [3.05, 3.63) is 12.2 Å². The summed E-state index contributed by atoms with van der Waals surface area (Å²) in [6.45, 7) is 3.37. The highest BCUT2D eigenvalue weighted by Crippen LogP contribution is 2.18. The lowest BCUT2D eigenvalue weighted by Crippen LogP contribution is -2.42. The van der Waals surface area contributed by atoms with Crippen LogP contribution in [0.2, 0.25) is 0 Å². The first-order chi connectivity index (χ1) is 7.83. The maximum Gasteiger partial charge on any atom is 0.206 e. The molecule has 2 rings (SSSR count). The van der Waals surface area contributed by atoms with Crippen molar-refractivity contribution in [2.75, 3.05) is 0 Å². The van der Waals surface area contributed by atoms with Gasteiger partial charge in [0.2, 0.25) is 5.96 Å². The predicted molar refractivity (Wildman–Crippen MR) is 60.3 cm³/mol. The van der Waals surface area contributed by atoms with E-state index in [9.17, 15) is 0 Å². The quantitative estimate of drug-likeness (QED) is 0.273. The Morgan fingerprint density at radius 2 is 2.50 bits per heavy atom. The molecule has 0 unspecified atom stereocenters. The van der Waals surface area contributed by atoms with Crippen LogP contribution in [0.3, 0.4) is 0 Å². The monoisotopic (exact) mass is 223 g/mol. The SMILES string of the molecule is CCn1cnnc1CN=C(NN)NC1CC1. The minimum atomic E-state index is 0.479. The van der Waals surface area contributed by atoms with Gasteiger partial charge in [0.05, 0.1) is 0 Å². The van der Waals surface area contributed by atoms with E-state index in [4.69, 9.17) is 5.84 Å². The largest absolute Gasteiger partial charge is 0.353 e. The maximum absolute atomic E-state index is 5.37. The van der Waals surface area contributed by atoms with Crippen LogP contribution < -0.4 is 16.6 Å². The molecule has 7 nitrogen and oxygen atoms in total. The Morgan fingerprint density at radius 3 is 3.12 bits per heavy atom. The van der Waals surface area contributed by atoms with Gasteiger partial charge in [0, 0.05) is 12.6 Å². The summed E-state index contributed by atoms with van der Waals surface area (Å²) in [6.07, 6.45) is 4.08. The van der Waals surface area contributed by atoms with Crippen LogP contribution in [0.15, 0.2) is 11.3 Å². The average Bonchev–Trinajstić information content (AvgIpc) is 3.00. The number of hydrogen-bond donors (Lipinski definition) is 3. The fraction of sp³-hybridized carbons (Fsp3) is 0.667. The van der Waals surface area contributed by atoms with E-state index in [-0.39, 0.29) is 0 Å². The number of nitrogens with two attached hydrogens (primary N) is 1. The Bertz CT molecular complexity index is 366. The van der Waals surface area contributed by atoms with E-state index in [0.717, 1.165) is 12.4 Å². The number of nitrogens with zero attached hydrogens (tertiary/aromatic N) is 4. The number of aryl methyl sites for hydroxylation is 1. The summed E-state index contributed by atoms with van der Waals surface area (Å²) in [5.74, 6) is 6.83. The molecule has 1 aromatic heterocycles. The smallest absolute Gasteiger partial charge is 0.206 e. The lowest BCUT2D eigenvalue weighted by molar-refractivity contribution is 0.694. The summed E-state index contributed by atoms with van der Waals surface area (Å²) in [5.41, 5.74) is 2.55. The van der Waals surface area contributed by atoms with Crippen molar-refractivity contribution in [2.45, 2.75) is 38.9 Å². The standard InChI is InChI=1S/C9H17N7/c1-2-16-6-12-15-8(16)5-11-9(14-10)13-7-3-4-7/h6-7H,2-5,10H2,1H3,(H2,11,13,14). The van der Waals surface area contributed by atoms with Crippen molar-refractivity contribution in [1.29, 1.82) is 0 Å². The molecule has 0 radical (unpaired) electrons. The Hall–Kier alpha value is -1.63. The normalized spacial score (nSPS) is 16.2. The minimum Gasteiger partial charge on any atom is -0.353 e. The summed E-state index contributed by atoms with van der Waals surface area (Å²) in [5, 5.41) is 11.0. The molecule has 0 aromatic carbocycles. The van der Waals surface area contributed by atoms with Crippen LogP contribution in [0, 0.1) is 0 Å². The summed E-state index contributed by atoms with van der Waals surface area (Å²) < 4.78 is 1.95. The van der Waals surface area contributed by atoms with Crippen LogP contribution in [0.1, 0.15) is 25.6 Å². The molecule has 0 saturated heterocycles. The molecule has 1 aromatic rings. The molecule has 0 spiro atoms. The van der Waals surface area contributed by atoms with Crippen LogP contribution in [0.5, 0.6) is 0 Å². The zero-order valence-corrected chi connectivity index (χ0v) is 9.35. The summed E-state index contributed by atoms with van der Waals surface area (Å²) >= 11 is 0. The summed E-state index contributed by atoms with van der Waals surface area (Å²) in [4.78, 5) is 4.32. The molecule has 1 aliphatic rings. The first-order valence-corrected chi connectivity index (χ1v) is 5.47. The molecule has 1 fully saturated rings. The Morgan fingerprint density at radius 1 is 1.69 bits per heavy atom. The second kappa shape index (κ2) is 4.93. The first kappa shape index (κ1) is 10.9. The fourth-order valence-corrected chi connectivity index (χ4v) is 1.37. The second-order valence-corrected chi connectivity index (χ2v) is 3.76. The molecule has 88 valence electrons. The maximum atomic E-state index is 5.37. The topological polar surface area (TPSA) is 93.2 Å². The van der Waals surface area contributed by atoms with Gasteiger partial charge in [0.25, 0.3) is 0 Å². The zero-order chi connectivity index (χ0) is 11.4. The van der Waals surface area contributed by atoms with E-state index in [1.165, 1.54) is 12.8 Å². The third-order valence-corrected chi connectivity index (χ3v) is 2.47. The van der Waals surface area contributed by atoms with Crippen LogP contribution >= 0.6 is 0 Å². The van der Waals surface area contributed by atoms with Crippen molar-refractivity contribution in [3.8, 4) is 0 Å². The third-order valence-electron chi connectivity index (χ3n) is 2.47. The van der Waals surface area contributed by atoms with E-state index < -0.39 is 0 Å². The summed E-state index contributed by atoms with van der Waals surface area (Å²) in [6, 6.07) is 0.527. The van der Waals surface area contributed by atoms with Gasteiger partial charge in [-0.05, 0) is 19.8 Å². The predicted octanol–water partition coefficient (Wildman–Crippen LogP) is -0.631. The highest BCUT2D eigenvalue weighted by molar-refractivity contribution is 5.79. The Labute approximate surface area is 94.1 Å². The number of aliphatic imine (C=N–C) groups is 1. The molecule has 0 amide bonds. The first-order valence-electron chi connectivity index (χ1n) is 5.47. The number of guanidine groups is 1. The van der Waals surface area contributed by atoms with Crippen molar-refractivity contribution >= 4 is 5.96 Å². The van der Waals surface area contributed by atoms with Gasteiger partial charge in [-0.2, -0.15) is 0 Å². The molecule has 4 N–H and O–H groups in total. The average molecular weight is 223 g/mol. The molecule has 16 heavy (non-hydrogen) atoms. The van der Waals surface area contributed by atoms with E-state index in [1.807, 2.05) is 11.5 Å². The van der Waals surface area contributed by atoms with E-state index >= 15 is 0 Å². The molecule has 7 heteroatoms. The van der Waals surface area contributed by atoms with Crippen LogP contribution in [-0.4, -0.2) is 26.8 Å². The van der Waals surface area contributed by atoms with Crippen molar-refractivity contribution in [1.82, 2.24) is 25.5 Å². The van der Waals surface area contributed by atoms with Crippen molar-refractivity contribution in [2.24, 2.45) is 10.8 Å². The molecule has 0 atom stereocenters. The molecule has 1 aliphatic carbocycles. The van der Waals surface area contributed by atoms with Gasteiger partial charge in [0.1, 0.15) is 12.9 Å². The highest BCUT2D eigenvalue weighted by atomic mass is 15.3. The molecule has 1 saturated carbocycles. The molecular formula is C9H17N7. The van der Waals surface area contributed by atoms with Gasteiger partial charge in [-0.25, -0.2) is 10.8 Å². The minimum absolute atomic E-state index is 0.479. The van der Waals surface area contributed by atoms with Gasteiger partial charge < -0.3 is 9.88 Å². The summed E-state index contributed by atoms with van der Waals surface area (Å²) in [7, 11) is 0. The van der Waals surface area contributed by atoms with E-state index in [1.54, 1.807) is 6.33 Å². The van der Waals surface area contributed by atoms with Gasteiger partial charge in [-0.1, -0.05) is 0 Å². The third kappa shape index (κ3) is 2.69. The number of hydrogen-bond acceptors (Lipinski definition) is 4. The van der Waals surface area contributed by atoms with Crippen molar-refractivity contribution < 1.29 is 0 Å². The number of hydrazine groups is 1. The molecule has 1 heterocycles. The van der Waals surface area contributed by atoms with Gasteiger partial charge in [-0.15, -0.1) is 10.2 Å².